The number of rotatable bonds is 9. The summed E-state index contributed by atoms with van der Waals surface area (Å²) in [4.78, 5) is 22.9. The van der Waals surface area contributed by atoms with E-state index < -0.39 is 17.0 Å². The van der Waals surface area contributed by atoms with Crippen LogP contribution in [0.2, 0.25) is 0 Å². The van der Waals surface area contributed by atoms with Gasteiger partial charge in [0.15, 0.2) is 0 Å². The van der Waals surface area contributed by atoms with E-state index in [1.165, 1.54) is 0 Å². The summed E-state index contributed by atoms with van der Waals surface area (Å²) in [6.45, 7) is 2.55. The molecule has 0 aromatic heterocycles. The van der Waals surface area contributed by atoms with Crippen LogP contribution >= 0.6 is 0 Å². The number of carboxylic acid groups (broad SMARTS) is 1. The third kappa shape index (κ3) is 7.10. The van der Waals surface area contributed by atoms with E-state index in [0.29, 0.717) is 29.2 Å². The average Bonchev–Trinajstić information content (AvgIpc) is 2.65. The van der Waals surface area contributed by atoms with Crippen molar-refractivity contribution in [3.63, 3.8) is 0 Å². The van der Waals surface area contributed by atoms with E-state index in [0.717, 1.165) is 12.0 Å². The molecule has 4 N–H and O–H groups in total. The van der Waals surface area contributed by atoms with Gasteiger partial charge in [0.05, 0.1) is 4.90 Å². The lowest BCUT2D eigenvalue weighted by molar-refractivity contribution is -0.136. The fourth-order valence-electron chi connectivity index (χ4n) is 2.31. The smallest absolute Gasteiger partial charge is 0.319 e. The van der Waals surface area contributed by atoms with Gasteiger partial charge in [0, 0.05) is 24.3 Å². The predicted octanol–water partition coefficient (Wildman–Crippen LogP) is 3.37. The Kier molecular flexibility index (Phi) is 7.81. The van der Waals surface area contributed by atoms with Crippen molar-refractivity contribution in [2.24, 2.45) is 0 Å². The summed E-state index contributed by atoms with van der Waals surface area (Å²) in [6, 6.07) is 13.6. The highest BCUT2D eigenvalue weighted by molar-refractivity contribution is 7.86. The van der Waals surface area contributed by atoms with Crippen LogP contribution in [-0.4, -0.2) is 27.9 Å². The molecule has 7 nitrogen and oxygen atoms in total. The third-order valence-corrected chi connectivity index (χ3v) is 4.71. The minimum Gasteiger partial charge on any atom is -0.481 e. The molecule has 2 rings (SSSR count). The van der Waals surface area contributed by atoms with Crippen LogP contribution in [0.4, 0.5) is 16.2 Å². The molecule has 1 atom stereocenters. The van der Waals surface area contributed by atoms with Crippen LogP contribution in [0.5, 0.6) is 0 Å². The van der Waals surface area contributed by atoms with E-state index in [2.05, 4.69) is 15.4 Å². The van der Waals surface area contributed by atoms with Gasteiger partial charge in [-0.1, -0.05) is 25.1 Å². The standard InChI is InChI=1S/C19H23N3O4S/c1-2-11-20-19(25)21-15-6-4-8-17(13-15)27(26)22-16-7-3-5-14(12-16)9-10-18(23)24/h3-8,12-13,22H,2,9-11H2,1H3,(H,23,24)(H2,20,21,25). The highest BCUT2D eigenvalue weighted by atomic mass is 32.2. The molecule has 0 aliphatic heterocycles. The zero-order valence-corrected chi connectivity index (χ0v) is 15.8. The van der Waals surface area contributed by atoms with E-state index in [1.54, 1.807) is 42.5 Å². The van der Waals surface area contributed by atoms with Gasteiger partial charge in [-0.25, -0.2) is 9.00 Å². The van der Waals surface area contributed by atoms with Crippen molar-refractivity contribution in [1.82, 2.24) is 5.32 Å². The summed E-state index contributed by atoms with van der Waals surface area (Å²) in [5, 5.41) is 14.2. The van der Waals surface area contributed by atoms with Gasteiger partial charge in [0.2, 0.25) is 0 Å². The molecule has 2 amide bonds. The van der Waals surface area contributed by atoms with Gasteiger partial charge in [-0.05, 0) is 48.7 Å². The van der Waals surface area contributed by atoms with Gasteiger partial charge in [-0.2, -0.15) is 0 Å². The van der Waals surface area contributed by atoms with Crippen LogP contribution in [0.3, 0.4) is 0 Å². The van der Waals surface area contributed by atoms with Gasteiger partial charge < -0.3 is 20.5 Å². The summed E-state index contributed by atoms with van der Waals surface area (Å²) in [5.41, 5.74) is 2.03. The number of anilines is 2. The maximum Gasteiger partial charge on any atom is 0.319 e. The Labute approximate surface area is 160 Å². The molecule has 0 radical (unpaired) electrons. The Morgan fingerprint density at radius 3 is 2.56 bits per heavy atom. The molecule has 0 bridgehead atoms. The van der Waals surface area contributed by atoms with E-state index in [9.17, 15) is 13.8 Å². The molecule has 1 unspecified atom stereocenters. The minimum absolute atomic E-state index is 0.0420. The first-order valence-electron chi connectivity index (χ1n) is 8.62. The number of hydrogen-bond acceptors (Lipinski definition) is 3. The van der Waals surface area contributed by atoms with Crippen molar-refractivity contribution in [3.8, 4) is 0 Å². The van der Waals surface area contributed by atoms with Crippen LogP contribution in [0.1, 0.15) is 25.3 Å². The maximum atomic E-state index is 12.6. The van der Waals surface area contributed by atoms with E-state index in [4.69, 9.17) is 5.11 Å². The van der Waals surface area contributed by atoms with Crippen LogP contribution in [-0.2, 0) is 22.2 Å². The van der Waals surface area contributed by atoms with Gasteiger partial charge in [0.25, 0.3) is 0 Å². The van der Waals surface area contributed by atoms with Crippen molar-refractivity contribution in [2.75, 3.05) is 16.6 Å². The lowest BCUT2D eigenvalue weighted by Gasteiger charge is -2.10. The second kappa shape index (κ2) is 10.3. The molecule has 0 saturated heterocycles. The SMILES string of the molecule is CCCNC(=O)Nc1cccc(S(=O)Nc2cccc(CCC(=O)O)c2)c1. The first-order valence-corrected chi connectivity index (χ1v) is 9.77. The van der Waals surface area contributed by atoms with Gasteiger partial charge in [-0.3, -0.25) is 4.79 Å². The Morgan fingerprint density at radius 2 is 1.81 bits per heavy atom. The fraction of sp³-hybridized carbons (Fsp3) is 0.263. The number of urea groups is 1. The summed E-state index contributed by atoms with van der Waals surface area (Å²) in [5.74, 6) is -0.857. The van der Waals surface area contributed by atoms with Crippen LogP contribution in [0.15, 0.2) is 53.4 Å². The number of carbonyl (C=O) groups is 2. The number of carboxylic acids is 1. The molecule has 0 aliphatic rings. The minimum atomic E-state index is -1.52. The Hall–Kier alpha value is -2.87. The van der Waals surface area contributed by atoms with Crippen molar-refractivity contribution in [2.45, 2.75) is 31.1 Å². The topological polar surface area (TPSA) is 108 Å². The lowest BCUT2D eigenvalue weighted by Crippen LogP contribution is -2.29. The molecule has 144 valence electrons. The Bertz CT molecular complexity index is 826. The summed E-state index contributed by atoms with van der Waals surface area (Å²) >= 11 is 0. The zero-order valence-electron chi connectivity index (χ0n) is 15.0. The Morgan fingerprint density at radius 1 is 1.07 bits per heavy atom. The Balaban J connectivity index is 2.01. The first-order chi connectivity index (χ1) is 13.0. The first kappa shape index (κ1) is 20.4. The molecule has 0 fully saturated rings. The summed E-state index contributed by atoms with van der Waals surface area (Å²) in [7, 11) is -1.52. The van der Waals surface area contributed by atoms with E-state index in [-0.39, 0.29) is 12.5 Å². The molecular weight excluding hydrogens is 366 g/mol. The number of carbonyl (C=O) groups excluding carboxylic acids is 1. The zero-order chi connectivity index (χ0) is 19.6. The highest BCUT2D eigenvalue weighted by Crippen LogP contribution is 2.18. The van der Waals surface area contributed by atoms with E-state index >= 15 is 0 Å². The molecule has 0 spiro atoms. The van der Waals surface area contributed by atoms with Crippen LogP contribution in [0.25, 0.3) is 0 Å². The van der Waals surface area contributed by atoms with Crippen molar-refractivity contribution >= 4 is 34.4 Å². The predicted molar refractivity (Wildman–Crippen MR) is 106 cm³/mol. The molecule has 2 aromatic carbocycles. The summed E-state index contributed by atoms with van der Waals surface area (Å²) < 4.78 is 15.5. The second-order valence-electron chi connectivity index (χ2n) is 5.87. The maximum absolute atomic E-state index is 12.6. The van der Waals surface area contributed by atoms with Crippen molar-refractivity contribution in [1.29, 1.82) is 0 Å². The lowest BCUT2D eigenvalue weighted by atomic mass is 10.1. The third-order valence-electron chi connectivity index (χ3n) is 3.61. The number of hydrogen-bond donors (Lipinski definition) is 4. The number of aliphatic carboxylic acids is 1. The number of aryl methyl sites for hydroxylation is 1. The van der Waals surface area contributed by atoms with Gasteiger partial charge in [-0.15, -0.1) is 0 Å². The average molecular weight is 389 g/mol. The van der Waals surface area contributed by atoms with E-state index in [1.807, 2.05) is 13.0 Å². The normalized spacial score (nSPS) is 11.4. The fourth-order valence-corrected chi connectivity index (χ4v) is 3.21. The number of nitrogens with one attached hydrogen (secondary N) is 3. The molecular formula is C19H23N3O4S. The van der Waals surface area contributed by atoms with Crippen LogP contribution < -0.4 is 15.4 Å². The van der Waals surface area contributed by atoms with Gasteiger partial charge in [0.1, 0.15) is 11.0 Å². The highest BCUT2D eigenvalue weighted by Gasteiger charge is 2.08. The van der Waals surface area contributed by atoms with Crippen LogP contribution in [0, 0.1) is 0 Å². The number of benzene rings is 2. The second-order valence-corrected chi connectivity index (χ2v) is 7.09. The molecule has 0 saturated carbocycles. The number of amides is 2. The quantitative estimate of drug-likeness (QED) is 0.527. The van der Waals surface area contributed by atoms with Crippen molar-refractivity contribution < 1.29 is 18.9 Å². The largest absolute Gasteiger partial charge is 0.481 e. The van der Waals surface area contributed by atoms with Crippen molar-refractivity contribution in [3.05, 3.63) is 54.1 Å². The van der Waals surface area contributed by atoms with Gasteiger partial charge >= 0.3 is 12.0 Å². The molecule has 2 aromatic rings. The summed E-state index contributed by atoms with van der Waals surface area (Å²) in [6.07, 6.45) is 1.29. The molecule has 0 aliphatic carbocycles. The molecule has 27 heavy (non-hydrogen) atoms. The monoisotopic (exact) mass is 389 g/mol. The molecule has 8 heteroatoms. The molecule has 0 heterocycles.